The summed E-state index contributed by atoms with van der Waals surface area (Å²) >= 11 is 1.05. The highest BCUT2D eigenvalue weighted by atomic mass is 32.2. The Labute approximate surface area is 204 Å². The Morgan fingerprint density at radius 1 is 1.26 bits per heavy atom. The third-order valence-electron chi connectivity index (χ3n) is 5.28. The molecule has 34 heavy (non-hydrogen) atoms. The van der Waals surface area contributed by atoms with E-state index in [0.717, 1.165) is 42.5 Å². The molecule has 2 aromatic rings. The van der Waals surface area contributed by atoms with Crippen LogP contribution in [-0.4, -0.2) is 38.9 Å². The summed E-state index contributed by atoms with van der Waals surface area (Å²) in [5.74, 6) is -0.437. The van der Waals surface area contributed by atoms with Gasteiger partial charge in [0, 0.05) is 19.9 Å². The summed E-state index contributed by atoms with van der Waals surface area (Å²) in [5.41, 5.74) is 1.33. The van der Waals surface area contributed by atoms with Crippen molar-refractivity contribution in [3.8, 4) is 0 Å². The summed E-state index contributed by atoms with van der Waals surface area (Å²) in [7, 11) is 1.21. The molecule has 0 bridgehead atoms. The molecular weight excluding hydrogens is 457 g/mol. The van der Waals surface area contributed by atoms with Crippen molar-refractivity contribution in [1.29, 1.82) is 0 Å². The zero-order valence-electron chi connectivity index (χ0n) is 20.5. The summed E-state index contributed by atoms with van der Waals surface area (Å²) in [5, 5.41) is 2.40. The van der Waals surface area contributed by atoms with Crippen LogP contribution < -0.4 is 5.32 Å². The summed E-state index contributed by atoms with van der Waals surface area (Å²) in [6.07, 6.45) is 5.02. The average Bonchev–Trinajstić information content (AvgIpc) is 3.15. The van der Waals surface area contributed by atoms with Crippen LogP contribution in [0.2, 0.25) is 0 Å². The number of imidazole rings is 1. The Morgan fingerprint density at radius 3 is 2.59 bits per heavy atom. The Morgan fingerprint density at radius 2 is 2.00 bits per heavy atom. The largest absolute Gasteiger partial charge is 0.465 e. The fraction of sp³-hybridized carbons (Fsp3) is 0.520. The van der Waals surface area contributed by atoms with E-state index in [9.17, 15) is 18.8 Å². The highest BCUT2D eigenvalue weighted by Gasteiger charge is 2.23. The lowest BCUT2D eigenvalue weighted by atomic mass is 10.1. The molecule has 0 aliphatic carbocycles. The van der Waals surface area contributed by atoms with Gasteiger partial charge in [-0.1, -0.05) is 45.0 Å². The predicted octanol–water partition coefficient (Wildman–Crippen LogP) is 4.51. The number of nitrogens with one attached hydrogen (secondary N) is 1. The molecule has 1 unspecified atom stereocenters. The molecule has 1 N–H and O–H groups in total. The van der Waals surface area contributed by atoms with Crippen LogP contribution in [0.4, 0.5) is 4.39 Å². The molecule has 186 valence electrons. The van der Waals surface area contributed by atoms with Gasteiger partial charge in [0.1, 0.15) is 11.6 Å². The number of methoxy groups -OCH3 is 1. The number of hydrogen-bond acceptors (Lipinski definition) is 6. The monoisotopic (exact) mass is 491 g/mol. The van der Waals surface area contributed by atoms with Gasteiger partial charge in [0.2, 0.25) is 5.91 Å². The minimum atomic E-state index is -0.724. The molecular formula is C25H34FN3O4S. The van der Waals surface area contributed by atoms with E-state index in [4.69, 9.17) is 0 Å². The van der Waals surface area contributed by atoms with Crippen molar-refractivity contribution < 1.29 is 23.5 Å². The highest BCUT2D eigenvalue weighted by molar-refractivity contribution is 8.14. The lowest BCUT2D eigenvalue weighted by Gasteiger charge is -2.18. The van der Waals surface area contributed by atoms with Gasteiger partial charge >= 0.3 is 5.97 Å². The third-order valence-corrected chi connectivity index (χ3v) is 6.31. The van der Waals surface area contributed by atoms with E-state index < -0.39 is 17.0 Å². The lowest BCUT2D eigenvalue weighted by Crippen LogP contribution is -2.34. The quantitative estimate of drug-likeness (QED) is 0.440. The van der Waals surface area contributed by atoms with Gasteiger partial charge in [-0.05, 0) is 36.5 Å². The first-order valence-electron chi connectivity index (χ1n) is 11.5. The first-order valence-corrected chi connectivity index (χ1v) is 12.4. The smallest absolute Gasteiger partial charge is 0.340 e. The molecule has 0 spiro atoms. The third kappa shape index (κ3) is 7.97. The first-order chi connectivity index (χ1) is 16.2. The van der Waals surface area contributed by atoms with Gasteiger partial charge in [-0.3, -0.25) is 9.59 Å². The number of carbonyl (C=O) groups is 3. The number of carbonyl (C=O) groups excluding carboxylic acids is 3. The molecule has 0 radical (unpaired) electrons. The van der Waals surface area contributed by atoms with Crippen molar-refractivity contribution in [2.75, 3.05) is 7.11 Å². The maximum Gasteiger partial charge on any atom is 0.340 e. The molecule has 0 saturated heterocycles. The summed E-state index contributed by atoms with van der Waals surface area (Å²) in [4.78, 5) is 40.6. The van der Waals surface area contributed by atoms with Crippen LogP contribution in [-0.2, 0) is 33.8 Å². The van der Waals surface area contributed by atoms with Crippen molar-refractivity contribution in [2.24, 2.45) is 5.92 Å². The fourth-order valence-corrected chi connectivity index (χ4v) is 4.64. The van der Waals surface area contributed by atoms with Gasteiger partial charge in [0.25, 0.3) is 0 Å². The standard InChI is InChI=1S/C25H34FN3O4S/c1-6-7-8-23-27-13-19(14-28-24(31)22(11-16(2)3)34-17(4)30)29(23)15-18-9-10-20(21(26)12-18)25(32)33-5/h9-10,12-13,16,22H,6-8,11,14-15H2,1-5H3,(H,28,31). The molecule has 0 aliphatic heterocycles. The number of halogens is 1. The summed E-state index contributed by atoms with van der Waals surface area (Å²) in [6.45, 7) is 8.18. The topological polar surface area (TPSA) is 90.3 Å². The number of aryl methyl sites for hydroxylation is 1. The second-order valence-corrected chi connectivity index (χ2v) is 9.99. The Hall–Kier alpha value is -2.68. The van der Waals surface area contributed by atoms with Crippen LogP contribution >= 0.6 is 11.8 Å². The number of amides is 1. The van der Waals surface area contributed by atoms with Crippen molar-refractivity contribution in [1.82, 2.24) is 14.9 Å². The van der Waals surface area contributed by atoms with Crippen LogP contribution in [0, 0.1) is 11.7 Å². The molecule has 1 heterocycles. The molecule has 2 rings (SSSR count). The van der Waals surface area contributed by atoms with E-state index in [2.05, 4.69) is 22.0 Å². The number of hydrogen-bond donors (Lipinski definition) is 1. The van der Waals surface area contributed by atoms with Gasteiger partial charge in [0.05, 0.1) is 36.4 Å². The minimum Gasteiger partial charge on any atom is -0.465 e. The zero-order chi connectivity index (χ0) is 25.3. The number of ether oxygens (including phenoxy) is 1. The van der Waals surface area contributed by atoms with Crippen molar-refractivity contribution in [2.45, 2.75) is 71.7 Å². The number of unbranched alkanes of at least 4 members (excludes halogenated alkanes) is 1. The maximum absolute atomic E-state index is 14.5. The van der Waals surface area contributed by atoms with Crippen LogP contribution in [0.5, 0.6) is 0 Å². The molecule has 9 heteroatoms. The summed E-state index contributed by atoms with van der Waals surface area (Å²) in [6, 6.07) is 4.42. The van der Waals surface area contributed by atoms with Crippen LogP contribution in [0.15, 0.2) is 24.4 Å². The second-order valence-electron chi connectivity index (χ2n) is 8.61. The van der Waals surface area contributed by atoms with Crippen molar-refractivity contribution in [3.63, 3.8) is 0 Å². The molecule has 1 amide bonds. The lowest BCUT2D eigenvalue weighted by molar-refractivity contribution is -0.121. The van der Waals surface area contributed by atoms with E-state index in [1.165, 1.54) is 26.2 Å². The fourth-order valence-electron chi connectivity index (χ4n) is 3.57. The number of benzene rings is 1. The second kappa shape index (κ2) is 13.3. The van der Waals surface area contributed by atoms with Crippen molar-refractivity contribution in [3.05, 3.63) is 52.9 Å². The molecule has 1 aromatic carbocycles. The molecule has 0 saturated carbocycles. The van der Waals surface area contributed by atoms with Crippen LogP contribution in [0.1, 0.15) is 74.4 Å². The van der Waals surface area contributed by atoms with Gasteiger partial charge < -0.3 is 14.6 Å². The Balaban J connectivity index is 2.23. The summed E-state index contributed by atoms with van der Waals surface area (Å²) < 4.78 is 21.0. The zero-order valence-corrected chi connectivity index (χ0v) is 21.3. The van der Waals surface area contributed by atoms with E-state index in [0.29, 0.717) is 18.5 Å². The molecule has 7 nitrogen and oxygen atoms in total. The SMILES string of the molecule is CCCCc1ncc(CNC(=O)C(CC(C)C)SC(C)=O)n1Cc1ccc(C(=O)OC)c(F)c1. The molecule has 0 fully saturated rings. The number of nitrogens with zero attached hydrogens (tertiary/aromatic N) is 2. The van der Waals surface area contributed by atoms with Gasteiger partial charge in [-0.2, -0.15) is 0 Å². The van der Waals surface area contributed by atoms with Gasteiger partial charge in [0.15, 0.2) is 5.12 Å². The average molecular weight is 492 g/mol. The number of esters is 1. The number of thioether (sulfide) groups is 1. The highest BCUT2D eigenvalue weighted by Crippen LogP contribution is 2.21. The molecule has 1 aromatic heterocycles. The van der Waals surface area contributed by atoms with Gasteiger partial charge in [-0.25, -0.2) is 14.2 Å². The Bertz CT molecular complexity index is 1010. The molecule has 0 aliphatic rings. The van der Waals surface area contributed by atoms with Crippen LogP contribution in [0.3, 0.4) is 0 Å². The van der Waals surface area contributed by atoms with E-state index >= 15 is 0 Å². The Kier molecular flexibility index (Phi) is 10.8. The van der Waals surface area contributed by atoms with E-state index in [-0.39, 0.29) is 29.0 Å². The first kappa shape index (κ1) is 27.6. The normalized spacial score (nSPS) is 12.0. The maximum atomic E-state index is 14.5. The van der Waals surface area contributed by atoms with Gasteiger partial charge in [-0.15, -0.1) is 0 Å². The van der Waals surface area contributed by atoms with E-state index in [1.807, 2.05) is 18.4 Å². The molecule has 1 atom stereocenters. The predicted molar refractivity (Wildman–Crippen MR) is 131 cm³/mol. The van der Waals surface area contributed by atoms with E-state index in [1.54, 1.807) is 12.3 Å². The number of rotatable bonds is 12. The van der Waals surface area contributed by atoms with Crippen molar-refractivity contribution >= 4 is 28.8 Å². The van der Waals surface area contributed by atoms with Crippen LogP contribution in [0.25, 0.3) is 0 Å². The number of aromatic nitrogens is 2. The minimum absolute atomic E-state index is 0.0925.